The Bertz CT molecular complexity index is 824. The second-order valence-corrected chi connectivity index (χ2v) is 8.13. The highest BCUT2D eigenvalue weighted by molar-refractivity contribution is 7.99. The van der Waals surface area contributed by atoms with E-state index in [0.717, 1.165) is 15.7 Å². The van der Waals surface area contributed by atoms with Crippen LogP contribution in [0.4, 0.5) is 0 Å². The Hall–Kier alpha value is -1.93. The van der Waals surface area contributed by atoms with E-state index in [4.69, 9.17) is 0 Å². The van der Waals surface area contributed by atoms with Gasteiger partial charge in [0.05, 0.1) is 21.0 Å². The maximum atomic E-state index is 12.1. The van der Waals surface area contributed by atoms with Crippen molar-refractivity contribution in [1.29, 1.82) is 0 Å². The summed E-state index contributed by atoms with van der Waals surface area (Å²) in [5, 5.41) is 12.8. The minimum atomic E-state index is -0.00346. The third-order valence-electron chi connectivity index (χ3n) is 3.77. The lowest BCUT2D eigenvalue weighted by Crippen LogP contribution is -2.29. The summed E-state index contributed by atoms with van der Waals surface area (Å²) in [6.45, 7) is 6.79. The fourth-order valence-corrected chi connectivity index (χ4v) is 4.22. The number of nitrogens with zero attached hydrogens (tertiary/aromatic N) is 4. The van der Waals surface area contributed by atoms with Gasteiger partial charge in [-0.1, -0.05) is 30.8 Å². The number of benzene rings is 1. The molecule has 1 amide bonds. The van der Waals surface area contributed by atoms with Crippen LogP contribution in [-0.4, -0.2) is 38.0 Å². The lowest BCUT2D eigenvalue weighted by atomic mass is 10.2. The van der Waals surface area contributed by atoms with Gasteiger partial charge in [0, 0.05) is 18.5 Å². The highest BCUT2D eigenvalue weighted by Gasteiger charge is 2.14. The Morgan fingerprint density at radius 2 is 2.12 bits per heavy atom. The molecule has 1 atom stereocenters. The van der Waals surface area contributed by atoms with Crippen LogP contribution >= 0.6 is 23.1 Å². The highest BCUT2D eigenvalue weighted by Crippen LogP contribution is 2.27. The fraction of sp³-hybridized carbons (Fsp3) is 0.412. The quantitative estimate of drug-likeness (QED) is 0.640. The zero-order valence-electron chi connectivity index (χ0n) is 14.5. The van der Waals surface area contributed by atoms with E-state index < -0.39 is 0 Å². The van der Waals surface area contributed by atoms with Crippen LogP contribution in [0.1, 0.15) is 37.7 Å². The molecule has 6 nitrogen and oxygen atoms in total. The van der Waals surface area contributed by atoms with Gasteiger partial charge in [0.2, 0.25) is 5.91 Å². The van der Waals surface area contributed by atoms with Crippen molar-refractivity contribution in [3.05, 3.63) is 35.6 Å². The summed E-state index contributed by atoms with van der Waals surface area (Å²) in [5.74, 6) is 0.514. The van der Waals surface area contributed by atoms with Crippen LogP contribution in [0.2, 0.25) is 0 Å². The molecule has 132 valence electrons. The Kier molecular flexibility index (Phi) is 5.70. The van der Waals surface area contributed by atoms with Gasteiger partial charge in [0.25, 0.3) is 0 Å². The number of carbonyl (C=O) groups excluding carboxylic acids is 1. The number of rotatable bonds is 7. The third-order valence-corrected chi connectivity index (χ3v) is 5.99. The van der Waals surface area contributed by atoms with E-state index in [-0.39, 0.29) is 17.9 Å². The van der Waals surface area contributed by atoms with Crippen molar-refractivity contribution in [2.75, 3.05) is 12.3 Å². The lowest BCUT2D eigenvalue weighted by molar-refractivity contribution is -0.118. The van der Waals surface area contributed by atoms with Crippen molar-refractivity contribution < 1.29 is 4.79 Å². The number of nitrogens with one attached hydrogen (secondary N) is 1. The average Bonchev–Trinajstić information content (AvgIpc) is 3.24. The first kappa shape index (κ1) is 17.9. The number of thiazole rings is 1. The molecule has 1 unspecified atom stereocenters. The van der Waals surface area contributed by atoms with Crippen molar-refractivity contribution in [3.63, 3.8) is 0 Å². The summed E-state index contributed by atoms with van der Waals surface area (Å²) in [6, 6.07) is 8.38. The van der Waals surface area contributed by atoms with Crippen molar-refractivity contribution >= 4 is 39.2 Å². The monoisotopic (exact) mass is 375 g/mol. The SMILES string of the molecule is CC(CNC(=O)CSc1nncn1C(C)C)c1nc2ccccc2s1. The zero-order valence-corrected chi connectivity index (χ0v) is 16.1. The maximum Gasteiger partial charge on any atom is 0.230 e. The molecule has 2 heterocycles. The molecule has 2 aromatic heterocycles. The Morgan fingerprint density at radius 3 is 2.88 bits per heavy atom. The molecule has 1 aromatic carbocycles. The number of para-hydroxylation sites is 1. The molecule has 3 rings (SSSR count). The van der Waals surface area contributed by atoms with Crippen molar-refractivity contribution in [1.82, 2.24) is 25.1 Å². The second-order valence-electron chi connectivity index (χ2n) is 6.13. The van der Waals surface area contributed by atoms with E-state index in [1.54, 1.807) is 17.7 Å². The lowest BCUT2D eigenvalue weighted by Gasteiger charge is -2.11. The summed E-state index contributed by atoms with van der Waals surface area (Å²) in [5.41, 5.74) is 1.02. The van der Waals surface area contributed by atoms with Crippen LogP contribution in [0, 0.1) is 0 Å². The number of amides is 1. The molecule has 0 aliphatic carbocycles. The van der Waals surface area contributed by atoms with Crippen molar-refractivity contribution in [3.8, 4) is 0 Å². The Balaban J connectivity index is 1.50. The predicted octanol–water partition coefficient (Wildman–Crippen LogP) is 3.48. The van der Waals surface area contributed by atoms with Gasteiger partial charge >= 0.3 is 0 Å². The van der Waals surface area contributed by atoms with Gasteiger partial charge in [-0.3, -0.25) is 4.79 Å². The van der Waals surface area contributed by atoms with E-state index in [2.05, 4.69) is 47.3 Å². The standard InChI is InChI=1S/C17H21N5OS2/c1-11(2)22-10-19-21-17(22)24-9-15(23)18-8-12(3)16-20-13-6-4-5-7-14(13)25-16/h4-7,10-12H,8-9H2,1-3H3,(H,18,23). The molecule has 0 radical (unpaired) electrons. The van der Waals surface area contributed by atoms with Crippen LogP contribution < -0.4 is 5.32 Å². The van der Waals surface area contributed by atoms with Crippen LogP contribution in [0.15, 0.2) is 35.7 Å². The zero-order chi connectivity index (χ0) is 17.8. The summed E-state index contributed by atoms with van der Waals surface area (Å²) < 4.78 is 3.14. The minimum Gasteiger partial charge on any atom is -0.355 e. The molecule has 0 aliphatic heterocycles. The Labute approximate surface area is 155 Å². The molecule has 0 saturated carbocycles. The summed E-state index contributed by atoms with van der Waals surface area (Å²) >= 11 is 3.09. The molecule has 0 saturated heterocycles. The largest absolute Gasteiger partial charge is 0.355 e. The molecule has 8 heteroatoms. The summed E-state index contributed by atoms with van der Waals surface area (Å²) in [7, 11) is 0. The van der Waals surface area contributed by atoms with Crippen LogP contribution in [0.25, 0.3) is 10.2 Å². The molecular weight excluding hydrogens is 354 g/mol. The number of hydrogen-bond acceptors (Lipinski definition) is 6. The molecule has 0 fully saturated rings. The third kappa shape index (κ3) is 4.38. The topological polar surface area (TPSA) is 72.7 Å². The predicted molar refractivity (Wildman–Crippen MR) is 102 cm³/mol. The van der Waals surface area contributed by atoms with Crippen molar-refractivity contribution in [2.45, 2.75) is 37.9 Å². The molecule has 0 aliphatic rings. The Morgan fingerprint density at radius 1 is 1.32 bits per heavy atom. The summed E-state index contributed by atoms with van der Waals surface area (Å²) in [4.78, 5) is 16.8. The summed E-state index contributed by atoms with van der Waals surface area (Å²) in [6.07, 6.45) is 1.69. The smallest absolute Gasteiger partial charge is 0.230 e. The second kappa shape index (κ2) is 7.97. The minimum absolute atomic E-state index is 0.00346. The molecule has 0 bridgehead atoms. The number of hydrogen-bond donors (Lipinski definition) is 1. The first-order valence-electron chi connectivity index (χ1n) is 8.19. The van der Waals surface area contributed by atoms with Crippen molar-refractivity contribution in [2.24, 2.45) is 0 Å². The molecule has 3 aromatic rings. The molecule has 25 heavy (non-hydrogen) atoms. The van der Waals surface area contributed by atoms with Gasteiger partial charge in [0.15, 0.2) is 5.16 Å². The fourth-order valence-electron chi connectivity index (χ4n) is 2.33. The van der Waals surface area contributed by atoms with E-state index in [1.807, 2.05) is 22.8 Å². The van der Waals surface area contributed by atoms with Gasteiger partial charge in [-0.25, -0.2) is 4.98 Å². The highest BCUT2D eigenvalue weighted by atomic mass is 32.2. The van der Waals surface area contributed by atoms with Gasteiger partial charge in [-0.05, 0) is 26.0 Å². The molecular formula is C17H21N5OS2. The van der Waals surface area contributed by atoms with Gasteiger partial charge in [0.1, 0.15) is 6.33 Å². The molecule has 0 spiro atoms. The first-order valence-corrected chi connectivity index (χ1v) is 9.99. The van der Waals surface area contributed by atoms with Gasteiger partial charge < -0.3 is 9.88 Å². The average molecular weight is 376 g/mol. The van der Waals surface area contributed by atoms with Gasteiger partial charge in [-0.15, -0.1) is 21.5 Å². The normalized spacial score (nSPS) is 12.6. The van der Waals surface area contributed by atoms with Crippen LogP contribution in [0.3, 0.4) is 0 Å². The van der Waals surface area contributed by atoms with E-state index in [9.17, 15) is 4.79 Å². The van der Waals surface area contributed by atoms with E-state index in [1.165, 1.54) is 16.5 Å². The van der Waals surface area contributed by atoms with E-state index >= 15 is 0 Å². The molecule has 1 N–H and O–H groups in total. The maximum absolute atomic E-state index is 12.1. The van der Waals surface area contributed by atoms with Crippen LogP contribution in [0.5, 0.6) is 0 Å². The van der Waals surface area contributed by atoms with E-state index in [0.29, 0.717) is 12.3 Å². The number of fused-ring (bicyclic) bond motifs is 1. The first-order chi connectivity index (χ1) is 12.0. The van der Waals surface area contributed by atoms with Crippen LogP contribution in [-0.2, 0) is 4.79 Å². The number of carbonyl (C=O) groups is 1. The number of aromatic nitrogens is 4. The van der Waals surface area contributed by atoms with Gasteiger partial charge in [-0.2, -0.15) is 0 Å². The number of thioether (sulfide) groups is 1.